The Labute approximate surface area is 133 Å². The molecule has 22 heavy (non-hydrogen) atoms. The monoisotopic (exact) mass is 304 g/mol. The van der Waals surface area contributed by atoms with Gasteiger partial charge >= 0.3 is 0 Å². The first-order chi connectivity index (χ1) is 10.5. The van der Waals surface area contributed by atoms with E-state index in [9.17, 15) is 9.59 Å². The number of carbonyl (C=O) groups excluding carboxylic acids is 2. The molecule has 0 radical (unpaired) electrons. The number of amides is 2. The molecule has 2 amide bonds. The molecule has 0 aliphatic heterocycles. The van der Waals surface area contributed by atoms with Gasteiger partial charge in [-0.3, -0.25) is 9.59 Å². The molecule has 0 heterocycles. The van der Waals surface area contributed by atoms with Crippen LogP contribution in [0.15, 0.2) is 24.3 Å². The van der Waals surface area contributed by atoms with E-state index in [1.807, 2.05) is 24.3 Å². The van der Waals surface area contributed by atoms with E-state index in [1.165, 1.54) is 6.92 Å². The van der Waals surface area contributed by atoms with E-state index in [-0.39, 0.29) is 18.4 Å². The summed E-state index contributed by atoms with van der Waals surface area (Å²) >= 11 is 0. The molecule has 0 bridgehead atoms. The highest BCUT2D eigenvalue weighted by Crippen LogP contribution is 2.23. The molecule has 0 unspecified atom stereocenters. The molecule has 1 aromatic rings. The predicted molar refractivity (Wildman–Crippen MR) is 90.9 cm³/mol. The first-order valence-corrected chi connectivity index (χ1v) is 8.10. The van der Waals surface area contributed by atoms with Gasteiger partial charge < -0.3 is 10.2 Å². The third-order valence-electron chi connectivity index (χ3n) is 3.67. The van der Waals surface area contributed by atoms with E-state index in [1.54, 1.807) is 4.90 Å². The molecule has 122 valence electrons. The third kappa shape index (κ3) is 5.88. The highest BCUT2D eigenvalue weighted by molar-refractivity contribution is 5.95. The minimum atomic E-state index is -0.139. The lowest BCUT2D eigenvalue weighted by Crippen LogP contribution is -2.37. The molecule has 0 aliphatic rings. The largest absolute Gasteiger partial charge is 0.334 e. The number of unbranched alkanes of at least 4 members (excludes halogenated alkanes) is 2. The quantitative estimate of drug-likeness (QED) is 0.743. The van der Waals surface area contributed by atoms with E-state index in [0.717, 1.165) is 30.5 Å². The van der Waals surface area contributed by atoms with Crippen LogP contribution in [0, 0.1) is 0 Å². The van der Waals surface area contributed by atoms with Crippen molar-refractivity contribution < 1.29 is 9.59 Å². The molecule has 4 nitrogen and oxygen atoms in total. The average Bonchev–Trinajstić information content (AvgIpc) is 2.46. The number of nitrogens with zero attached hydrogens (tertiary/aromatic N) is 1. The Morgan fingerprint density at radius 1 is 1.18 bits per heavy atom. The lowest BCUT2D eigenvalue weighted by Gasteiger charge is -2.21. The second kappa shape index (κ2) is 9.23. The summed E-state index contributed by atoms with van der Waals surface area (Å²) in [5.41, 5.74) is 1.94. The lowest BCUT2D eigenvalue weighted by atomic mass is 10.0. The van der Waals surface area contributed by atoms with Crippen molar-refractivity contribution in [2.75, 3.05) is 18.4 Å². The Morgan fingerprint density at radius 3 is 2.45 bits per heavy atom. The Balaban J connectivity index is 2.66. The lowest BCUT2D eigenvalue weighted by molar-refractivity contribution is -0.132. The Hall–Kier alpha value is -1.84. The summed E-state index contributed by atoms with van der Waals surface area (Å²) in [6, 6.07) is 7.80. The van der Waals surface area contributed by atoms with Crippen molar-refractivity contribution in [3.63, 3.8) is 0 Å². The zero-order valence-electron chi connectivity index (χ0n) is 14.2. The van der Waals surface area contributed by atoms with Crippen LogP contribution in [0.4, 0.5) is 5.69 Å². The number of hydrogen-bond acceptors (Lipinski definition) is 2. The number of benzene rings is 1. The third-order valence-corrected chi connectivity index (χ3v) is 3.67. The fraction of sp³-hybridized carbons (Fsp3) is 0.556. The van der Waals surface area contributed by atoms with Gasteiger partial charge in [0.05, 0.1) is 6.54 Å². The number of para-hydroxylation sites is 1. The minimum absolute atomic E-state index is 0.0524. The highest BCUT2D eigenvalue weighted by atomic mass is 16.2. The summed E-state index contributed by atoms with van der Waals surface area (Å²) in [5, 5.41) is 2.93. The molecular weight excluding hydrogens is 276 g/mol. The SMILES string of the molecule is CCCCCN(CC(=O)Nc1ccccc1C(C)C)C(C)=O. The van der Waals surface area contributed by atoms with Crippen molar-refractivity contribution >= 4 is 17.5 Å². The van der Waals surface area contributed by atoms with Crippen molar-refractivity contribution in [2.45, 2.75) is 52.9 Å². The van der Waals surface area contributed by atoms with Crippen LogP contribution in [-0.4, -0.2) is 29.8 Å². The molecule has 1 aromatic carbocycles. The van der Waals surface area contributed by atoms with Crippen molar-refractivity contribution in [3.8, 4) is 0 Å². The summed E-state index contributed by atoms with van der Waals surface area (Å²) in [4.78, 5) is 25.5. The van der Waals surface area contributed by atoms with Crippen LogP contribution in [0.2, 0.25) is 0 Å². The Morgan fingerprint density at radius 2 is 1.86 bits per heavy atom. The van der Waals surface area contributed by atoms with Crippen LogP contribution in [-0.2, 0) is 9.59 Å². The Bertz CT molecular complexity index is 498. The van der Waals surface area contributed by atoms with Crippen molar-refractivity contribution in [1.29, 1.82) is 0 Å². The van der Waals surface area contributed by atoms with Crippen molar-refractivity contribution in [1.82, 2.24) is 4.90 Å². The molecule has 0 saturated carbocycles. The standard InChI is InChI=1S/C18H28N2O2/c1-5-6-9-12-20(15(4)21)13-18(22)19-17-11-8-7-10-16(17)14(2)3/h7-8,10-11,14H,5-6,9,12-13H2,1-4H3,(H,19,22). The maximum Gasteiger partial charge on any atom is 0.244 e. The molecule has 1 rings (SSSR count). The Kier molecular flexibility index (Phi) is 7.64. The second-order valence-corrected chi connectivity index (χ2v) is 5.94. The summed E-state index contributed by atoms with van der Waals surface area (Å²) in [5.74, 6) is 0.146. The molecular formula is C18H28N2O2. The van der Waals surface area contributed by atoms with Gasteiger partial charge in [0.25, 0.3) is 0 Å². The summed E-state index contributed by atoms with van der Waals surface area (Å²) < 4.78 is 0. The van der Waals surface area contributed by atoms with Gasteiger partial charge in [-0.05, 0) is 24.0 Å². The van der Waals surface area contributed by atoms with E-state index in [4.69, 9.17) is 0 Å². The van der Waals surface area contributed by atoms with Gasteiger partial charge in [-0.1, -0.05) is 51.8 Å². The molecule has 1 N–H and O–H groups in total. The van der Waals surface area contributed by atoms with Crippen LogP contribution in [0.3, 0.4) is 0 Å². The normalized spacial score (nSPS) is 10.6. The maximum absolute atomic E-state index is 12.2. The van der Waals surface area contributed by atoms with Crippen LogP contribution in [0.5, 0.6) is 0 Å². The number of nitrogens with one attached hydrogen (secondary N) is 1. The fourth-order valence-corrected chi connectivity index (χ4v) is 2.38. The number of hydrogen-bond donors (Lipinski definition) is 1. The minimum Gasteiger partial charge on any atom is -0.334 e. The maximum atomic E-state index is 12.2. The van der Waals surface area contributed by atoms with E-state index in [2.05, 4.69) is 26.1 Å². The smallest absolute Gasteiger partial charge is 0.244 e. The number of anilines is 1. The average molecular weight is 304 g/mol. The second-order valence-electron chi connectivity index (χ2n) is 5.94. The first kappa shape index (κ1) is 18.2. The zero-order valence-corrected chi connectivity index (χ0v) is 14.2. The van der Waals surface area contributed by atoms with E-state index in [0.29, 0.717) is 12.5 Å². The zero-order chi connectivity index (χ0) is 16.5. The van der Waals surface area contributed by atoms with Gasteiger partial charge in [-0.25, -0.2) is 0 Å². The molecule has 0 aromatic heterocycles. The van der Waals surface area contributed by atoms with Crippen LogP contribution in [0.1, 0.15) is 58.4 Å². The first-order valence-electron chi connectivity index (χ1n) is 8.10. The van der Waals surface area contributed by atoms with Gasteiger partial charge in [0.1, 0.15) is 0 Å². The molecule has 0 aliphatic carbocycles. The molecule has 0 fully saturated rings. The van der Waals surface area contributed by atoms with Gasteiger partial charge in [0.15, 0.2) is 0 Å². The van der Waals surface area contributed by atoms with Crippen LogP contribution >= 0.6 is 0 Å². The molecule has 4 heteroatoms. The van der Waals surface area contributed by atoms with E-state index < -0.39 is 0 Å². The topological polar surface area (TPSA) is 49.4 Å². The fourth-order valence-electron chi connectivity index (χ4n) is 2.38. The predicted octanol–water partition coefficient (Wildman–Crippen LogP) is 3.79. The summed E-state index contributed by atoms with van der Waals surface area (Å²) in [6.45, 7) is 8.58. The van der Waals surface area contributed by atoms with Gasteiger partial charge in [0.2, 0.25) is 11.8 Å². The van der Waals surface area contributed by atoms with Crippen LogP contribution < -0.4 is 5.32 Å². The molecule has 0 atom stereocenters. The van der Waals surface area contributed by atoms with Crippen molar-refractivity contribution in [2.24, 2.45) is 0 Å². The molecule has 0 spiro atoms. The van der Waals surface area contributed by atoms with Gasteiger partial charge in [-0.2, -0.15) is 0 Å². The van der Waals surface area contributed by atoms with Gasteiger partial charge in [-0.15, -0.1) is 0 Å². The summed E-state index contributed by atoms with van der Waals surface area (Å²) in [7, 11) is 0. The molecule has 0 saturated heterocycles. The van der Waals surface area contributed by atoms with E-state index >= 15 is 0 Å². The van der Waals surface area contributed by atoms with Crippen molar-refractivity contribution in [3.05, 3.63) is 29.8 Å². The van der Waals surface area contributed by atoms with Crippen LogP contribution in [0.25, 0.3) is 0 Å². The van der Waals surface area contributed by atoms with Gasteiger partial charge in [0, 0.05) is 19.2 Å². The highest BCUT2D eigenvalue weighted by Gasteiger charge is 2.15. The number of rotatable bonds is 8. The number of carbonyl (C=O) groups is 2. The summed E-state index contributed by atoms with van der Waals surface area (Å²) in [6.07, 6.45) is 3.10.